The molecule has 1 aliphatic heterocycles. The molecule has 1 aromatic carbocycles. The Morgan fingerprint density at radius 2 is 1.85 bits per heavy atom. The van der Waals surface area contributed by atoms with Crippen LogP contribution >= 0.6 is 0 Å². The van der Waals surface area contributed by atoms with Crippen LogP contribution in [0.15, 0.2) is 12.1 Å². The largest absolute Gasteiger partial charge is 0.493 e. The van der Waals surface area contributed by atoms with Crippen molar-refractivity contribution in [2.45, 2.75) is 39.3 Å². The summed E-state index contributed by atoms with van der Waals surface area (Å²) < 4.78 is 10.8. The normalized spacial score (nSPS) is 15.8. The number of hydrogen-bond donors (Lipinski definition) is 3. The SMILES string of the molecule is CCNC(=O)NCC1c2cc(OC)c(OC)cc2CCN1C(=O)NC(C)C. The predicted octanol–water partition coefficient (Wildman–Crippen LogP) is 2.04. The van der Waals surface area contributed by atoms with Gasteiger partial charge in [-0.2, -0.15) is 0 Å². The van der Waals surface area contributed by atoms with Crippen LogP contribution in [0.2, 0.25) is 0 Å². The molecule has 0 saturated heterocycles. The van der Waals surface area contributed by atoms with Crippen LogP contribution in [0.5, 0.6) is 11.5 Å². The quantitative estimate of drug-likeness (QED) is 0.706. The second-order valence-electron chi connectivity index (χ2n) is 6.71. The maximum atomic E-state index is 12.7. The minimum Gasteiger partial charge on any atom is -0.493 e. The summed E-state index contributed by atoms with van der Waals surface area (Å²) in [4.78, 5) is 26.4. The van der Waals surface area contributed by atoms with Gasteiger partial charge in [-0.05, 0) is 50.5 Å². The van der Waals surface area contributed by atoms with E-state index in [2.05, 4.69) is 16.0 Å². The van der Waals surface area contributed by atoms with Gasteiger partial charge in [-0.3, -0.25) is 0 Å². The van der Waals surface area contributed by atoms with Crippen molar-refractivity contribution >= 4 is 12.1 Å². The Morgan fingerprint density at radius 1 is 1.19 bits per heavy atom. The topological polar surface area (TPSA) is 91.9 Å². The number of hydrogen-bond acceptors (Lipinski definition) is 4. The molecule has 1 aliphatic rings. The number of nitrogens with zero attached hydrogens (tertiary/aromatic N) is 1. The summed E-state index contributed by atoms with van der Waals surface area (Å²) in [5.74, 6) is 1.26. The molecule has 0 bridgehead atoms. The van der Waals surface area contributed by atoms with Crippen LogP contribution in [0.25, 0.3) is 0 Å². The van der Waals surface area contributed by atoms with Crippen molar-refractivity contribution in [1.29, 1.82) is 0 Å². The lowest BCUT2D eigenvalue weighted by molar-refractivity contribution is 0.164. The fraction of sp³-hybridized carbons (Fsp3) is 0.579. The second kappa shape index (κ2) is 9.34. The fourth-order valence-corrected chi connectivity index (χ4v) is 3.23. The molecule has 4 amide bonds. The number of ether oxygens (including phenoxy) is 2. The molecular formula is C19H30N4O4. The Bertz CT molecular complexity index is 678. The molecule has 0 fully saturated rings. The number of nitrogens with one attached hydrogen (secondary N) is 3. The van der Waals surface area contributed by atoms with Crippen LogP contribution in [-0.4, -0.2) is 56.9 Å². The molecule has 0 aliphatic carbocycles. The molecule has 0 radical (unpaired) electrons. The highest BCUT2D eigenvalue weighted by Crippen LogP contribution is 2.37. The van der Waals surface area contributed by atoms with Gasteiger partial charge in [0.2, 0.25) is 0 Å². The van der Waals surface area contributed by atoms with Crippen molar-refractivity contribution < 1.29 is 19.1 Å². The average molecular weight is 378 g/mol. The molecule has 8 nitrogen and oxygen atoms in total. The van der Waals surface area contributed by atoms with Gasteiger partial charge in [0.25, 0.3) is 0 Å². The number of benzene rings is 1. The maximum absolute atomic E-state index is 12.7. The minimum atomic E-state index is -0.296. The van der Waals surface area contributed by atoms with E-state index in [-0.39, 0.29) is 24.1 Å². The van der Waals surface area contributed by atoms with Gasteiger partial charge >= 0.3 is 12.1 Å². The zero-order chi connectivity index (χ0) is 20.0. The third-order valence-corrected chi connectivity index (χ3v) is 4.47. The lowest BCUT2D eigenvalue weighted by Crippen LogP contribution is -2.51. The Hall–Kier alpha value is -2.64. The zero-order valence-electron chi connectivity index (χ0n) is 16.7. The first kappa shape index (κ1) is 20.7. The smallest absolute Gasteiger partial charge is 0.318 e. The molecule has 0 spiro atoms. The van der Waals surface area contributed by atoms with E-state index in [9.17, 15) is 9.59 Å². The van der Waals surface area contributed by atoms with Crippen LogP contribution in [0.3, 0.4) is 0 Å². The summed E-state index contributed by atoms with van der Waals surface area (Å²) in [5, 5.41) is 8.51. The summed E-state index contributed by atoms with van der Waals surface area (Å²) in [6.07, 6.45) is 0.707. The fourth-order valence-electron chi connectivity index (χ4n) is 3.23. The number of rotatable bonds is 6. The molecular weight excluding hydrogens is 348 g/mol. The van der Waals surface area contributed by atoms with Gasteiger partial charge in [0.05, 0.1) is 20.3 Å². The molecule has 0 aromatic heterocycles. The van der Waals surface area contributed by atoms with Crippen molar-refractivity contribution in [1.82, 2.24) is 20.9 Å². The van der Waals surface area contributed by atoms with Crippen LogP contribution < -0.4 is 25.4 Å². The molecule has 2 rings (SSSR count). The number of fused-ring (bicyclic) bond motifs is 1. The predicted molar refractivity (Wildman–Crippen MR) is 103 cm³/mol. The third kappa shape index (κ3) is 4.96. The zero-order valence-corrected chi connectivity index (χ0v) is 16.7. The average Bonchev–Trinajstić information content (AvgIpc) is 2.64. The van der Waals surface area contributed by atoms with E-state index in [4.69, 9.17) is 9.47 Å². The highest BCUT2D eigenvalue weighted by atomic mass is 16.5. The molecule has 150 valence electrons. The first-order chi connectivity index (χ1) is 12.9. The highest BCUT2D eigenvalue weighted by molar-refractivity contribution is 5.76. The molecule has 1 unspecified atom stereocenters. The summed E-state index contributed by atoms with van der Waals surface area (Å²) in [7, 11) is 3.18. The first-order valence-corrected chi connectivity index (χ1v) is 9.24. The lowest BCUT2D eigenvalue weighted by Gasteiger charge is -2.38. The molecule has 3 N–H and O–H groups in total. The van der Waals surface area contributed by atoms with Crippen molar-refractivity contribution in [3.05, 3.63) is 23.3 Å². The Labute approximate surface area is 160 Å². The van der Waals surface area contributed by atoms with Gasteiger partial charge in [-0.15, -0.1) is 0 Å². The molecule has 0 saturated carbocycles. The van der Waals surface area contributed by atoms with E-state index in [0.717, 1.165) is 11.1 Å². The van der Waals surface area contributed by atoms with Crippen LogP contribution in [-0.2, 0) is 6.42 Å². The van der Waals surface area contributed by atoms with E-state index < -0.39 is 0 Å². The van der Waals surface area contributed by atoms with Crippen molar-refractivity contribution in [3.63, 3.8) is 0 Å². The first-order valence-electron chi connectivity index (χ1n) is 9.24. The molecule has 1 heterocycles. The summed E-state index contributed by atoms with van der Waals surface area (Å²) in [6.45, 7) is 7.10. The number of carbonyl (C=O) groups excluding carboxylic acids is 2. The molecule has 1 aromatic rings. The van der Waals surface area contributed by atoms with Crippen molar-refractivity contribution in [2.24, 2.45) is 0 Å². The van der Waals surface area contributed by atoms with Gasteiger partial charge in [0, 0.05) is 25.7 Å². The summed E-state index contributed by atoms with van der Waals surface area (Å²) in [5.41, 5.74) is 2.04. The van der Waals surface area contributed by atoms with Gasteiger partial charge in [-0.25, -0.2) is 9.59 Å². The summed E-state index contributed by atoms with van der Waals surface area (Å²) in [6, 6.07) is 3.18. The van der Waals surface area contributed by atoms with Crippen LogP contribution in [0.4, 0.5) is 9.59 Å². The number of urea groups is 2. The van der Waals surface area contributed by atoms with Gasteiger partial charge in [0.15, 0.2) is 11.5 Å². The maximum Gasteiger partial charge on any atom is 0.318 e. The Kier molecular flexibility index (Phi) is 7.15. The van der Waals surface area contributed by atoms with E-state index >= 15 is 0 Å². The van der Waals surface area contributed by atoms with E-state index in [0.29, 0.717) is 37.6 Å². The molecule has 1 atom stereocenters. The monoisotopic (exact) mass is 378 g/mol. The third-order valence-electron chi connectivity index (χ3n) is 4.47. The van der Waals surface area contributed by atoms with Crippen LogP contribution in [0, 0.1) is 0 Å². The Balaban J connectivity index is 2.35. The minimum absolute atomic E-state index is 0.0290. The highest BCUT2D eigenvalue weighted by Gasteiger charge is 2.32. The number of carbonyl (C=O) groups is 2. The number of methoxy groups -OCH3 is 2. The Morgan fingerprint density at radius 3 is 2.44 bits per heavy atom. The van der Waals surface area contributed by atoms with Gasteiger partial charge in [0.1, 0.15) is 0 Å². The van der Waals surface area contributed by atoms with Gasteiger partial charge < -0.3 is 30.3 Å². The standard InChI is InChI=1S/C19H30N4O4/c1-6-20-18(24)21-11-15-14-10-17(27-5)16(26-4)9-13(14)7-8-23(15)19(25)22-12(2)3/h9-10,12,15H,6-8,11H2,1-5H3,(H,22,25)(H2,20,21,24). The molecule has 27 heavy (non-hydrogen) atoms. The van der Waals surface area contributed by atoms with Crippen LogP contribution in [0.1, 0.15) is 37.9 Å². The van der Waals surface area contributed by atoms with Crippen molar-refractivity contribution in [3.8, 4) is 11.5 Å². The second-order valence-corrected chi connectivity index (χ2v) is 6.71. The van der Waals surface area contributed by atoms with Crippen molar-refractivity contribution in [2.75, 3.05) is 33.9 Å². The van der Waals surface area contributed by atoms with E-state index in [1.165, 1.54) is 0 Å². The molecule has 8 heteroatoms. The van der Waals surface area contributed by atoms with E-state index in [1.54, 1.807) is 19.1 Å². The number of amides is 4. The lowest BCUT2D eigenvalue weighted by atomic mass is 9.92. The van der Waals surface area contributed by atoms with E-state index in [1.807, 2.05) is 32.9 Å². The van der Waals surface area contributed by atoms with Gasteiger partial charge in [-0.1, -0.05) is 0 Å². The summed E-state index contributed by atoms with van der Waals surface area (Å²) >= 11 is 0.